The van der Waals surface area contributed by atoms with Gasteiger partial charge in [0.05, 0.1) is 0 Å². The number of likely N-dealkylation sites (tertiary alicyclic amines) is 1. The fourth-order valence-corrected chi connectivity index (χ4v) is 3.63. The van der Waals surface area contributed by atoms with Gasteiger partial charge in [-0.2, -0.15) is 0 Å². The second kappa shape index (κ2) is 5.85. The molecule has 112 valence electrons. The SMILES string of the molecule is C=CCN(C(=O)N1CC2CCCC2C1C(=O)O)C(C)C. The first-order valence-corrected chi connectivity index (χ1v) is 7.38. The minimum atomic E-state index is -0.866. The zero-order valence-electron chi connectivity index (χ0n) is 12.3. The van der Waals surface area contributed by atoms with Crippen LogP contribution in [0.5, 0.6) is 0 Å². The summed E-state index contributed by atoms with van der Waals surface area (Å²) in [4.78, 5) is 27.5. The van der Waals surface area contributed by atoms with Crippen molar-refractivity contribution in [2.24, 2.45) is 11.8 Å². The van der Waals surface area contributed by atoms with Crippen LogP contribution in [0.2, 0.25) is 0 Å². The van der Waals surface area contributed by atoms with E-state index in [0.29, 0.717) is 19.0 Å². The number of aliphatic carboxylic acids is 1. The number of carbonyl (C=O) groups excluding carboxylic acids is 1. The molecule has 5 heteroatoms. The molecule has 1 heterocycles. The van der Waals surface area contributed by atoms with Crippen LogP contribution in [0.4, 0.5) is 4.79 Å². The summed E-state index contributed by atoms with van der Waals surface area (Å²) in [5, 5.41) is 9.50. The van der Waals surface area contributed by atoms with Crippen LogP contribution in [0, 0.1) is 11.8 Å². The monoisotopic (exact) mass is 280 g/mol. The molecule has 2 amide bonds. The van der Waals surface area contributed by atoms with Gasteiger partial charge in [-0.05, 0) is 38.5 Å². The quantitative estimate of drug-likeness (QED) is 0.803. The number of amides is 2. The van der Waals surface area contributed by atoms with Crippen molar-refractivity contribution in [3.8, 4) is 0 Å². The summed E-state index contributed by atoms with van der Waals surface area (Å²) in [6.45, 7) is 8.59. The summed E-state index contributed by atoms with van der Waals surface area (Å²) in [6, 6.07) is -0.779. The largest absolute Gasteiger partial charge is 0.480 e. The maximum atomic E-state index is 12.7. The van der Waals surface area contributed by atoms with Gasteiger partial charge < -0.3 is 14.9 Å². The van der Waals surface area contributed by atoms with Gasteiger partial charge in [0.2, 0.25) is 0 Å². The molecule has 2 fully saturated rings. The normalized spacial score (nSPS) is 28.6. The molecular weight excluding hydrogens is 256 g/mol. The Morgan fingerprint density at radius 2 is 2.15 bits per heavy atom. The number of urea groups is 1. The van der Waals surface area contributed by atoms with Crippen molar-refractivity contribution >= 4 is 12.0 Å². The number of rotatable bonds is 4. The number of hydrogen-bond acceptors (Lipinski definition) is 2. The van der Waals surface area contributed by atoms with Crippen LogP contribution in [0.3, 0.4) is 0 Å². The van der Waals surface area contributed by atoms with E-state index in [-0.39, 0.29) is 18.0 Å². The number of fused-ring (bicyclic) bond motifs is 1. The van der Waals surface area contributed by atoms with Crippen LogP contribution in [0.15, 0.2) is 12.7 Å². The Labute approximate surface area is 120 Å². The van der Waals surface area contributed by atoms with Crippen molar-refractivity contribution in [1.82, 2.24) is 9.80 Å². The molecular formula is C15H24N2O3. The number of hydrogen-bond donors (Lipinski definition) is 1. The lowest BCUT2D eigenvalue weighted by Crippen LogP contribution is -2.51. The zero-order valence-corrected chi connectivity index (χ0v) is 12.3. The third-order valence-corrected chi connectivity index (χ3v) is 4.58. The third kappa shape index (κ3) is 2.53. The molecule has 1 saturated carbocycles. The Balaban J connectivity index is 2.19. The standard InChI is InChI=1S/C15H24N2O3/c1-4-8-16(10(2)3)15(20)17-9-11-6-5-7-12(11)13(17)14(18)19/h4,10-13H,1,5-9H2,2-3H3,(H,18,19). The van der Waals surface area contributed by atoms with Gasteiger partial charge in [-0.1, -0.05) is 12.5 Å². The van der Waals surface area contributed by atoms with Crippen LogP contribution >= 0.6 is 0 Å². The second-order valence-electron chi connectivity index (χ2n) is 6.11. The van der Waals surface area contributed by atoms with Gasteiger partial charge in [-0.3, -0.25) is 0 Å². The number of nitrogens with zero attached hydrogens (tertiary/aromatic N) is 2. The van der Waals surface area contributed by atoms with Crippen LogP contribution in [0.1, 0.15) is 33.1 Å². The third-order valence-electron chi connectivity index (χ3n) is 4.58. The van der Waals surface area contributed by atoms with Crippen molar-refractivity contribution in [2.75, 3.05) is 13.1 Å². The first-order chi connectivity index (χ1) is 9.47. The van der Waals surface area contributed by atoms with Crippen LogP contribution in [-0.2, 0) is 4.79 Å². The van der Waals surface area contributed by atoms with Crippen molar-refractivity contribution < 1.29 is 14.7 Å². The van der Waals surface area contributed by atoms with E-state index >= 15 is 0 Å². The predicted octanol–water partition coefficient (Wildman–Crippen LogP) is 2.19. The van der Waals surface area contributed by atoms with E-state index in [1.54, 1.807) is 15.9 Å². The average molecular weight is 280 g/mol. The summed E-state index contributed by atoms with van der Waals surface area (Å²) < 4.78 is 0. The lowest BCUT2D eigenvalue weighted by atomic mass is 9.94. The van der Waals surface area contributed by atoms with E-state index in [0.717, 1.165) is 19.3 Å². The molecule has 20 heavy (non-hydrogen) atoms. The van der Waals surface area contributed by atoms with Crippen molar-refractivity contribution in [1.29, 1.82) is 0 Å². The lowest BCUT2D eigenvalue weighted by molar-refractivity contribution is -0.142. The number of carboxylic acids is 1. The molecule has 0 bridgehead atoms. The highest BCUT2D eigenvalue weighted by Gasteiger charge is 2.50. The van der Waals surface area contributed by atoms with Gasteiger partial charge in [-0.15, -0.1) is 6.58 Å². The topological polar surface area (TPSA) is 60.9 Å². The van der Waals surface area contributed by atoms with Gasteiger partial charge in [0.25, 0.3) is 0 Å². The summed E-state index contributed by atoms with van der Waals surface area (Å²) in [5.74, 6) is -0.373. The van der Waals surface area contributed by atoms with Crippen LogP contribution < -0.4 is 0 Å². The number of carbonyl (C=O) groups is 2. The van der Waals surface area contributed by atoms with E-state index in [1.165, 1.54) is 0 Å². The highest BCUT2D eigenvalue weighted by atomic mass is 16.4. The summed E-state index contributed by atoms with van der Waals surface area (Å²) >= 11 is 0. The highest BCUT2D eigenvalue weighted by molar-refractivity contribution is 5.84. The van der Waals surface area contributed by atoms with E-state index in [2.05, 4.69) is 6.58 Å². The van der Waals surface area contributed by atoms with E-state index in [9.17, 15) is 14.7 Å². The van der Waals surface area contributed by atoms with Crippen molar-refractivity contribution in [2.45, 2.75) is 45.2 Å². The molecule has 1 aliphatic heterocycles. The minimum Gasteiger partial charge on any atom is -0.480 e. The molecule has 3 atom stereocenters. The molecule has 1 aliphatic carbocycles. The Hall–Kier alpha value is -1.52. The van der Waals surface area contributed by atoms with E-state index in [1.807, 2.05) is 13.8 Å². The Bertz CT molecular complexity index is 408. The summed E-state index contributed by atoms with van der Waals surface area (Å²) in [7, 11) is 0. The number of carboxylic acid groups (broad SMARTS) is 1. The second-order valence-corrected chi connectivity index (χ2v) is 6.11. The van der Waals surface area contributed by atoms with Gasteiger partial charge in [0, 0.05) is 19.1 Å². The molecule has 0 aromatic heterocycles. The van der Waals surface area contributed by atoms with Gasteiger partial charge >= 0.3 is 12.0 Å². The molecule has 0 aromatic rings. The maximum absolute atomic E-state index is 12.7. The molecule has 2 aliphatic rings. The fourth-order valence-electron chi connectivity index (χ4n) is 3.63. The summed E-state index contributed by atoms with van der Waals surface area (Å²) in [5.41, 5.74) is 0. The van der Waals surface area contributed by atoms with Gasteiger partial charge in [0.15, 0.2) is 0 Å². The smallest absolute Gasteiger partial charge is 0.326 e. The van der Waals surface area contributed by atoms with Crippen LogP contribution in [-0.4, -0.2) is 52.1 Å². The molecule has 0 spiro atoms. The minimum absolute atomic E-state index is 0.0374. The molecule has 0 aromatic carbocycles. The fraction of sp³-hybridized carbons (Fsp3) is 0.733. The molecule has 5 nitrogen and oxygen atoms in total. The Morgan fingerprint density at radius 1 is 1.45 bits per heavy atom. The first kappa shape index (κ1) is 14.9. The maximum Gasteiger partial charge on any atom is 0.326 e. The molecule has 1 saturated heterocycles. The Kier molecular flexibility index (Phi) is 4.35. The molecule has 0 radical (unpaired) electrons. The van der Waals surface area contributed by atoms with Crippen molar-refractivity contribution in [3.63, 3.8) is 0 Å². The van der Waals surface area contributed by atoms with E-state index in [4.69, 9.17) is 0 Å². The van der Waals surface area contributed by atoms with Gasteiger partial charge in [-0.25, -0.2) is 9.59 Å². The molecule has 1 N–H and O–H groups in total. The molecule has 2 rings (SSSR count). The summed E-state index contributed by atoms with van der Waals surface area (Å²) in [6.07, 6.45) is 4.74. The van der Waals surface area contributed by atoms with Crippen molar-refractivity contribution in [3.05, 3.63) is 12.7 Å². The first-order valence-electron chi connectivity index (χ1n) is 7.38. The molecule has 3 unspecified atom stereocenters. The predicted molar refractivity (Wildman–Crippen MR) is 76.4 cm³/mol. The lowest BCUT2D eigenvalue weighted by Gasteiger charge is -2.33. The highest BCUT2D eigenvalue weighted by Crippen LogP contribution is 2.42. The van der Waals surface area contributed by atoms with E-state index < -0.39 is 12.0 Å². The van der Waals surface area contributed by atoms with Gasteiger partial charge in [0.1, 0.15) is 6.04 Å². The average Bonchev–Trinajstić information content (AvgIpc) is 2.93. The Morgan fingerprint density at radius 3 is 2.70 bits per heavy atom. The van der Waals surface area contributed by atoms with Crippen LogP contribution in [0.25, 0.3) is 0 Å². The zero-order chi connectivity index (χ0) is 14.9.